The summed E-state index contributed by atoms with van der Waals surface area (Å²) in [6, 6.07) is 0. The summed E-state index contributed by atoms with van der Waals surface area (Å²) in [5, 5.41) is 0. The number of carbonyl (C=O) groups excluding carboxylic acids is 1. The second-order valence-electron chi connectivity index (χ2n) is 4.58. The molecule has 1 aliphatic heterocycles. The molecule has 2 rings (SSSR count). The molecule has 1 aliphatic carbocycles. The average Bonchev–Trinajstić information content (AvgIpc) is 2.11. The van der Waals surface area contributed by atoms with E-state index in [0.29, 0.717) is 16.7 Å². The second-order valence-corrected chi connectivity index (χ2v) is 5.88. The molecule has 0 N–H and O–H groups in total. The summed E-state index contributed by atoms with van der Waals surface area (Å²) >= 11 is 3.60. The van der Waals surface area contributed by atoms with Gasteiger partial charge in [0.25, 0.3) is 0 Å². The Morgan fingerprint density at radius 3 is 2.64 bits per heavy atom. The van der Waals surface area contributed by atoms with Crippen molar-refractivity contribution < 1.29 is 4.79 Å². The van der Waals surface area contributed by atoms with E-state index in [1.165, 1.54) is 25.7 Å². The maximum absolute atomic E-state index is 11.9. The van der Waals surface area contributed by atoms with Gasteiger partial charge >= 0.3 is 0 Å². The highest BCUT2D eigenvalue weighted by atomic mass is 79.9. The molecule has 2 aliphatic rings. The summed E-state index contributed by atoms with van der Waals surface area (Å²) in [7, 11) is 0. The van der Waals surface area contributed by atoms with Gasteiger partial charge in [-0.15, -0.1) is 0 Å². The molecular formula is C11H18BrNO. The summed E-state index contributed by atoms with van der Waals surface area (Å²) < 4.78 is 0. The van der Waals surface area contributed by atoms with Crippen molar-refractivity contribution >= 4 is 21.8 Å². The van der Waals surface area contributed by atoms with Gasteiger partial charge in [0.15, 0.2) is 0 Å². The number of piperidine rings is 1. The molecule has 80 valence electrons. The van der Waals surface area contributed by atoms with E-state index in [-0.39, 0.29) is 0 Å². The van der Waals surface area contributed by atoms with E-state index in [2.05, 4.69) is 15.9 Å². The molecule has 14 heavy (non-hydrogen) atoms. The topological polar surface area (TPSA) is 20.3 Å². The predicted octanol–water partition coefficient (Wildman–Crippen LogP) is 2.56. The van der Waals surface area contributed by atoms with Crippen molar-refractivity contribution in [1.82, 2.24) is 4.90 Å². The molecule has 0 aromatic carbocycles. The monoisotopic (exact) mass is 259 g/mol. The van der Waals surface area contributed by atoms with Crippen LogP contribution in [0.25, 0.3) is 0 Å². The van der Waals surface area contributed by atoms with Crippen molar-refractivity contribution in [3.8, 4) is 0 Å². The molecule has 1 unspecified atom stereocenters. The number of hydrogen-bond acceptors (Lipinski definition) is 1. The zero-order valence-corrected chi connectivity index (χ0v) is 10.1. The van der Waals surface area contributed by atoms with E-state index in [1.807, 2.05) is 4.90 Å². The van der Waals surface area contributed by atoms with Gasteiger partial charge in [-0.3, -0.25) is 4.79 Å². The van der Waals surface area contributed by atoms with E-state index in [4.69, 9.17) is 0 Å². The van der Waals surface area contributed by atoms with Crippen LogP contribution in [0.15, 0.2) is 0 Å². The Morgan fingerprint density at radius 1 is 1.29 bits per heavy atom. The molecular weight excluding hydrogens is 242 g/mol. The summed E-state index contributed by atoms with van der Waals surface area (Å²) in [5.41, 5.74) is 0. The van der Waals surface area contributed by atoms with Gasteiger partial charge in [0.05, 0.1) is 0 Å². The first-order valence-electron chi connectivity index (χ1n) is 5.67. The maximum atomic E-state index is 11.9. The molecule has 1 saturated carbocycles. The third-order valence-corrected chi connectivity index (χ3v) is 4.15. The molecule has 0 bridgehead atoms. The zero-order valence-electron chi connectivity index (χ0n) is 8.54. The first kappa shape index (κ1) is 10.5. The molecule has 1 atom stereocenters. The maximum Gasteiger partial charge on any atom is 0.222 e. The fourth-order valence-corrected chi connectivity index (χ4v) is 2.90. The number of rotatable bonds is 2. The van der Waals surface area contributed by atoms with Crippen molar-refractivity contribution in [3.05, 3.63) is 0 Å². The first-order valence-corrected chi connectivity index (χ1v) is 6.59. The highest BCUT2D eigenvalue weighted by molar-refractivity contribution is 9.09. The number of likely N-dealkylation sites (tertiary alicyclic amines) is 1. The van der Waals surface area contributed by atoms with Gasteiger partial charge in [-0.25, -0.2) is 0 Å². The quantitative estimate of drug-likeness (QED) is 0.699. The molecule has 1 amide bonds. The third kappa shape index (κ3) is 2.50. The second kappa shape index (κ2) is 4.65. The average molecular weight is 260 g/mol. The first-order chi connectivity index (χ1) is 6.75. The normalized spacial score (nSPS) is 28.6. The fraction of sp³-hybridized carbons (Fsp3) is 0.909. The standard InChI is InChI=1S/C11H18BrNO/c12-10-5-2-6-13(8-10)11(14)7-9-3-1-4-9/h9-10H,1-8H2. The number of halogens is 1. The highest BCUT2D eigenvalue weighted by Crippen LogP contribution is 2.30. The number of hydrogen-bond donors (Lipinski definition) is 0. The minimum Gasteiger partial charge on any atom is -0.342 e. The van der Waals surface area contributed by atoms with E-state index < -0.39 is 0 Å². The van der Waals surface area contributed by atoms with Crippen LogP contribution in [0.5, 0.6) is 0 Å². The lowest BCUT2D eigenvalue weighted by Crippen LogP contribution is -2.41. The van der Waals surface area contributed by atoms with Crippen LogP contribution in [0, 0.1) is 5.92 Å². The lowest BCUT2D eigenvalue weighted by molar-refractivity contribution is -0.133. The smallest absolute Gasteiger partial charge is 0.222 e. The van der Waals surface area contributed by atoms with Crippen LogP contribution in [0.2, 0.25) is 0 Å². The van der Waals surface area contributed by atoms with Crippen molar-refractivity contribution in [2.24, 2.45) is 5.92 Å². The van der Waals surface area contributed by atoms with Crippen LogP contribution in [0.3, 0.4) is 0 Å². The Balaban J connectivity index is 1.77. The summed E-state index contributed by atoms with van der Waals surface area (Å²) in [6.07, 6.45) is 7.06. The summed E-state index contributed by atoms with van der Waals surface area (Å²) in [4.78, 5) is 14.4. The van der Waals surface area contributed by atoms with Crippen molar-refractivity contribution in [3.63, 3.8) is 0 Å². The van der Waals surface area contributed by atoms with Gasteiger partial charge in [0, 0.05) is 24.3 Å². The Hall–Kier alpha value is -0.0500. The fourth-order valence-electron chi connectivity index (χ4n) is 2.22. The van der Waals surface area contributed by atoms with Crippen molar-refractivity contribution in [2.75, 3.05) is 13.1 Å². The van der Waals surface area contributed by atoms with E-state index in [1.54, 1.807) is 0 Å². The molecule has 1 saturated heterocycles. The summed E-state index contributed by atoms with van der Waals surface area (Å²) in [5.74, 6) is 1.09. The van der Waals surface area contributed by atoms with Gasteiger partial charge in [-0.1, -0.05) is 22.4 Å². The van der Waals surface area contributed by atoms with Crippen LogP contribution < -0.4 is 0 Å². The largest absolute Gasteiger partial charge is 0.342 e. The van der Waals surface area contributed by atoms with Gasteiger partial charge in [-0.2, -0.15) is 0 Å². The molecule has 0 aromatic rings. The van der Waals surface area contributed by atoms with E-state index in [9.17, 15) is 4.79 Å². The van der Waals surface area contributed by atoms with Crippen LogP contribution in [-0.4, -0.2) is 28.7 Å². The SMILES string of the molecule is O=C(CC1CCC1)N1CCCC(Br)C1. The van der Waals surface area contributed by atoms with Gasteiger partial charge < -0.3 is 4.90 Å². The number of nitrogens with zero attached hydrogens (tertiary/aromatic N) is 1. The molecule has 1 heterocycles. The Kier molecular flexibility index (Phi) is 3.47. The Bertz CT molecular complexity index is 215. The zero-order chi connectivity index (χ0) is 9.97. The lowest BCUT2D eigenvalue weighted by atomic mass is 9.82. The van der Waals surface area contributed by atoms with Crippen molar-refractivity contribution in [2.45, 2.75) is 43.4 Å². The van der Waals surface area contributed by atoms with Crippen LogP contribution in [0.1, 0.15) is 38.5 Å². The minimum atomic E-state index is 0.388. The molecule has 0 radical (unpaired) electrons. The Labute approximate surface area is 94.2 Å². The van der Waals surface area contributed by atoms with Gasteiger partial charge in [0.1, 0.15) is 0 Å². The Morgan fingerprint density at radius 2 is 2.07 bits per heavy atom. The van der Waals surface area contributed by atoms with Gasteiger partial charge in [-0.05, 0) is 31.6 Å². The molecule has 3 heteroatoms. The van der Waals surface area contributed by atoms with Crippen LogP contribution in [0.4, 0.5) is 0 Å². The number of carbonyl (C=O) groups is 1. The molecule has 2 fully saturated rings. The van der Waals surface area contributed by atoms with Crippen LogP contribution in [-0.2, 0) is 4.79 Å². The molecule has 0 aromatic heterocycles. The predicted molar refractivity (Wildman–Crippen MR) is 60.5 cm³/mol. The number of alkyl halides is 1. The van der Waals surface area contributed by atoms with Crippen molar-refractivity contribution in [1.29, 1.82) is 0 Å². The summed E-state index contributed by atoms with van der Waals surface area (Å²) in [6.45, 7) is 1.90. The molecule has 2 nitrogen and oxygen atoms in total. The minimum absolute atomic E-state index is 0.388. The molecule has 0 spiro atoms. The number of amides is 1. The lowest BCUT2D eigenvalue weighted by Gasteiger charge is -2.33. The highest BCUT2D eigenvalue weighted by Gasteiger charge is 2.26. The third-order valence-electron chi connectivity index (χ3n) is 3.40. The van der Waals surface area contributed by atoms with Crippen LogP contribution >= 0.6 is 15.9 Å². The van der Waals surface area contributed by atoms with E-state index >= 15 is 0 Å². The van der Waals surface area contributed by atoms with Gasteiger partial charge in [0.2, 0.25) is 5.91 Å². The van der Waals surface area contributed by atoms with E-state index in [0.717, 1.165) is 25.9 Å².